The Balaban J connectivity index is 1.34. The molecule has 2 unspecified atom stereocenters. The van der Waals surface area contributed by atoms with E-state index in [1.807, 2.05) is 18.2 Å². The fourth-order valence-electron chi connectivity index (χ4n) is 6.58. The topological polar surface area (TPSA) is 42.0 Å². The first-order valence-electron chi connectivity index (χ1n) is 14.1. The summed E-state index contributed by atoms with van der Waals surface area (Å²) >= 11 is 0. The van der Waals surface area contributed by atoms with Crippen molar-refractivity contribution in [2.24, 2.45) is 11.8 Å². The lowest BCUT2D eigenvalue weighted by Crippen LogP contribution is -2.46. The van der Waals surface area contributed by atoms with Crippen LogP contribution in [-0.4, -0.2) is 62.1 Å². The first-order chi connectivity index (χ1) is 18.1. The third-order valence-corrected chi connectivity index (χ3v) is 8.65. The Morgan fingerprint density at radius 1 is 0.946 bits per heavy atom. The van der Waals surface area contributed by atoms with Crippen LogP contribution in [0.2, 0.25) is 0 Å². The number of allylic oxidation sites excluding steroid dienone is 2. The van der Waals surface area contributed by atoms with Gasteiger partial charge in [0.2, 0.25) is 0 Å². The molecule has 1 aliphatic heterocycles. The summed E-state index contributed by atoms with van der Waals surface area (Å²) in [6, 6.07) is 14.8. The van der Waals surface area contributed by atoms with Gasteiger partial charge in [-0.25, -0.2) is 0 Å². The summed E-state index contributed by atoms with van der Waals surface area (Å²) in [5.41, 5.74) is 3.60. The van der Waals surface area contributed by atoms with Gasteiger partial charge in [0.15, 0.2) is 11.5 Å². The highest BCUT2D eigenvalue weighted by molar-refractivity contribution is 5.95. The maximum atomic E-state index is 14.0. The standard InChI is InChI=1S/C32H42N2O3/c1-36-30-17-16-28(20-31(30)37-2)32(35)34(22-25-14-15-26-11-6-7-12-27(26)19-25)23-29-13-8-18-33(29)21-24-9-4-3-5-10-24/h3-4,6-7,11-12,16-17,20,24-25,29H,5,8-10,13-15,18-19,21-23H2,1-2H3/t24?,25?,29-/m0/s1. The summed E-state index contributed by atoms with van der Waals surface area (Å²) in [5, 5.41) is 0. The number of amides is 1. The number of carbonyl (C=O) groups excluding carboxylic acids is 1. The second kappa shape index (κ2) is 12.2. The molecule has 2 aromatic rings. The summed E-state index contributed by atoms with van der Waals surface area (Å²) in [7, 11) is 3.25. The minimum Gasteiger partial charge on any atom is -0.493 e. The van der Waals surface area contributed by atoms with Gasteiger partial charge in [-0.15, -0.1) is 0 Å². The quantitative estimate of drug-likeness (QED) is 0.408. The van der Waals surface area contributed by atoms with Crippen LogP contribution in [0.1, 0.15) is 60.0 Å². The Labute approximate surface area is 222 Å². The van der Waals surface area contributed by atoms with E-state index in [0.717, 1.165) is 51.4 Å². The zero-order valence-corrected chi connectivity index (χ0v) is 22.5. The van der Waals surface area contributed by atoms with Gasteiger partial charge in [-0.1, -0.05) is 36.4 Å². The number of benzene rings is 2. The van der Waals surface area contributed by atoms with Crippen molar-refractivity contribution >= 4 is 5.91 Å². The second-order valence-electron chi connectivity index (χ2n) is 11.1. The lowest BCUT2D eigenvalue weighted by molar-refractivity contribution is 0.0655. The summed E-state index contributed by atoms with van der Waals surface area (Å²) in [6.07, 6.45) is 14.0. The molecule has 1 saturated heterocycles. The fraction of sp³-hybridized carbons (Fsp3) is 0.531. The van der Waals surface area contributed by atoms with Crippen molar-refractivity contribution < 1.29 is 14.3 Å². The molecule has 0 bridgehead atoms. The predicted molar refractivity (Wildman–Crippen MR) is 148 cm³/mol. The van der Waals surface area contributed by atoms with Gasteiger partial charge >= 0.3 is 0 Å². The molecule has 3 aliphatic rings. The highest BCUT2D eigenvalue weighted by Crippen LogP contribution is 2.31. The van der Waals surface area contributed by atoms with Crippen molar-refractivity contribution in [1.82, 2.24) is 9.80 Å². The van der Waals surface area contributed by atoms with Crippen LogP contribution in [0.25, 0.3) is 0 Å². The van der Waals surface area contributed by atoms with Crippen LogP contribution < -0.4 is 9.47 Å². The number of likely N-dealkylation sites (tertiary alicyclic amines) is 1. The highest BCUT2D eigenvalue weighted by Gasteiger charge is 2.32. The Kier molecular flexibility index (Phi) is 8.50. The Bertz CT molecular complexity index is 1100. The van der Waals surface area contributed by atoms with Crippen LogP contribution in [0, 0.1) is 11.8 Å². The molecular weight excluding hydrogens is 460 g/mol. The Hall–Kier alpha value is -2.79. The van der Waals surface area contributed by atoms with Crippen molar-refractivity contribution in [3.05, 3.63) is 71.3 Å². The van der Waals surface area contributed by atoms with E-state index in [9.17, 15) is 4.79 Å². The molecule has 2 aromatic carbocycles. The normalized spacial score (nSPS) is 23.5. The van der Waals surface area contributed by atoms with Crippen LogP contribution in [0.5, 0.6) is 11.5 Å². The van der Waals surface area contributed by atoms with Crippen LogP contribution in [0.4, 0.5) is 0 Å². The van der Waals surface area contributed by atoms with Gasteiger partial charge in [-0.3, -0.25) is 9.69 Å². The van der Waals surface area contributed by atoms with E-state index in [-0.39, 0.29) is 5.91 Å². The van der Waals surface area contributed by atoms with Crippen LogP contribution >= 0.6 is 0 Å². The Morgan fingerprint density at radius 3 is 2.57 bits per heavy atom. The van der Waals surface area contributed by atoms with Crippen LogP contribution in [-0.2, 0) is 12.8 Å². The molecule has 3 atom stereocenters. The maximum Gasteiger partial charge on any atom is 0.254 e. The fourth-order valence-corrected chi connectivity index (χ4v) is 6.58. The molecule has 0 spiro atoms. The number of nitrogens with zero attached hydrogens (tertiary/aromatic N) is 2. The van der Waals surface area contributed by atoms with Crippen LogP contribution in [0.15, 0.2) is 54.6 Å². The van der Waals surface area contributed by atoms with Gasteiger partial charge in [0, 0.05) is 31.2 Å². The zero-order valence-electron chi connectivity index (χ0n) is 22.5. The average Bonchev–Trinajstić information content (AvgIpc) is 3.38. The number of fused-ring (bicyclic) bond motifs is 1. The lowest BCUT2D eigenvalue weighted by atomic mass is 9.83. The molecule has 5 nitrogen and oxygen atoms in total. The largest absolute Gasteiger partial charge is 0.493 e. The molecule has 1 amide bonds. The Morgan fingerprint density at radius 2 is 1.78 bits per heavy atom. The molecular formula is C32H42N2O3. The third-order valence-electron chi connectivity index (χ3n) is 8.65. The minimum atomic E-state index is 0.104. The van der Waals surface area contributed by atoms with E-state index in [4.69, 9.17) is 9.47 Å². The highest BCUT2D eigenvalue weighted by atomic mass is 16.5. The van der Waals surface area contributed by atoms with Gasteiger partial charge in [0.1, 0.15) is 0 Å². The molecule has 0 N–H and O–H groups in total. The number of carbonyl (C=O) groups is 1. The summed E-state index contributed by atoms with van der Waals surface area (Å²) in [6.45, 7) is 3.91. The van der Waals surface area contributed by atoms with Crippen molar-refractivity contribution in [3.8, 4) is 11.5 Å². The number of hydrogen-bond acceptors (Lipinski definition) is 4. The molecule has 1 fully saturated rings. The van der Waals surface area contributed by atoms with E-state index >= 15 is 0 Å². The maximum absolute atomic E-state index is 14.0. The molecule has 0 saturated carbocycles. The van der Waals surface area contributed by atoms with E-state index in [1.54, 1.807) is 14.2 Å². The van der Waals surface area contributed by atoms with E-state index in [1.165, 1.54) is 43.2 Å². The van der Waals surface area contributed by atoms with Crippen molar-refractivity contribution in [1.29, 1.82) is 0 Å². The molecule has 0 radical (unpaired) electrons. The lowest BCUT2D eigenvalue weighted by Gasteiger charge is -2.36. The minimum absolute atomic E-state index is 0.104. The number of methoxy groups -OCH3 is 2. The second-order valence-corrected chi connectivity index (χ2v) is 11.1. The monoisotopic (exact) mass is 502 g/mol. The molecule has 0 aromatic heterocycles. The van der Waals surface area contributed by atoms with Gasteiger partial charge < -0.3 is 14.4 Å². The number of hydrogen-bond donors (Lipinski definition) is 0. The van der Waals surface area contributed by atoms with Crippen molar-refractivity contribution in [2.45, 2.75) is 57.4 Å². The average molecular weight is 503 g/mol. The molecule has 198 valence electrons. The molecule has 37 heavy (non-hydrogen) atoms. The predicted octanol–water partition coefficient (Wildman–Crippen LogP) is 5.77. The molecule has 2 aliphatic carbocycles. The summed E-state index contributed by atoms with van der Waals surface area (Å²) in [4.78, 5) is 18.9. The number of ether oxygens (including phenoxy) is 2. The van der Waals surface area contributed by atoms with Gasteiger partial charge in [-0.2, -0.15) is 0 Å². The first kappa shape index (κ1) is 25.8. The third kappa shape index (κ3) is 6.20. The molecule has 5 heteroatoms. The number of rotatable bonds is 9. The first-order valence-corrected chi connectivity index (χ1v) is 14.1. The van der Waals surface area contributed by atoms with E-state index in [2.05, 4.69) is 46.2 Å². The number of aryl methyl sites for hydroxylation is 1. The SMILES string of the molecule is COc1ccc(C(=O)N(CC2CCc3ccccc3C2)C[C@@H]2CCCN2CC2CC=CCC2)cc1OC. The van der Waals surface area contributed by atoms with Gasteiger partial charge in [0.25, 0.3) is 5.91 Å². The summed E-state index contributed by atoms with van der Waals surface area (Å²) < 4.78 is 10.9. The van der Waals surface area contributed by atoms with Crippen molar-refractivity contribution in [3.63, 3.8) is 0 Å². The smallest absolute Gasteiger partial charge is 0.254 e. The van der Waals surface area contributed by atoms with E-state index < -0.39 is 0 Å². The summed E-state index contributed by atoms with van der Waals surface area (Å²) in [5.74, 6) is 2.59. The molecule has 1 heterocycles. The van der Waals surface area contributed by atoms with Gasteiger partial charge in [0.05, 0.1) is 14.2 Å². The zero-order chi connectivity index (χ0) is 25.6. The van der Waals surface area contributed by atoms with Gasteiger partial charge in [-0.05, 0) is 99.1 Å². The van der Waals surface area contributed by atoms with Crippen LogP contribution in [0.3, 0.4) is 0 Å². The van der Waals surface area contributed by atoms with E-state index in [0.29, 0.717) is 29.0 Å². The van der Waals surface area contributed by atoms with Crippen molar-refractivity contribution in [2.75, 3.05) is 40.4 Å². The molecule has 5 rings (SSSR count).